The summed E-state index contributed by atoms with van der Waals surface area (Å²) in [7, 11) is -1.01. The van der Waals surface area contributed by atoms with Crippen LogP contribution in [0.15, 0.2) is 30.3 Å². The third kappa shape index (κ3) is 4.46. The van der Waals surface area contributed by atoms with Gasteiger partial charge >= 0.3 is 10.3 Å². The van der Waals surface area contributed by atoms with E-state index in [1.165, 1.54) is 19.7 Å². The lowest BCUT2D eigenvalue weighted by Gasteiger charge is -2.24. The van der Waals surface area contributed by atoms with Crippen LogP contribution in [0.5, 0.6) is 0 Å². The van der Waals surface area contributed by atoms with Crippen molar-refractivity contribution in [1.82, 2.24) is 0 Å². The maximum Gasteiger partial charge on any atom is 0.432 e. The number of benzene rings is 1. The minimum absolute atomic E-state index is 0.373. The molecular weight excluding hydrogens is 238 g/mol. The number of unbranched alkanes of at least 4 members (excludes halogenated alkanes) is 1. The monoisotopic (exact) mass is 258 g/mol. The smallest absolute Gasteiger partial charge is 0.241 e. The first-order valence-corrected chi connectivity index (χ1v) is 7.07. The van der Waals surface area contributed by atoms with Crippen LogP contribution < -0.4 is 0 Å². The van der Waals surface area contributed by atoms with E-state index in [2.05, 4.69) is 12.1 Å². The first-order valence-electron chi connectivity index (χ1n) is 5.67. The molecule has 4 nitrogen and oxygen atoms in total. The Morgan fingerprint density at radius 1 is 1.12 bits per heavy atom. The first kappa shape index (κ1) is 14.2. The molecule has 1 N–H and O–H groups in total. The van der Waals surface area contributed by atoms with E-state index in [1.807, 2.05) is 18.2 Å². The fourth-order valence-electron chi connectivity index (χ4n) is 1.58. The zero-order chi connectivity index (χ0) is 12.9. The Labute approximate surface area is 103 Å². The largest absolute Gasteiger partial charge is 0.432 e. The maximum absolute atomic E-state index is 11.0. The van der Waals surface area contributed by atoms with Crippen LogP contribution in [-0.4, -0.2) is 37.5 Å². The lowest BCUT2D eigenvalue weighted by molar-refractivity contribution is -0.767. The molecule has 0 saturated heterocycles. The van der Waals surface area contributed by atoms with E-state index in [-0.39, 0.29) is 3.89 Å². The summed E-state index contributed by atoms with van der Waals surface area (Å²) in [4.78, 5) is 0. The van der Waals surface area contributed by atoms with Crippen molar-refractivity contribution in [3.63, 3.8) is 0 Å². The van der Waals surface area contributed by atoms with Gasteiger partial charge in [-0.05, 0) is 24.8 Å². The van der Waals surface area contributed by atoms with Gasteiger partial charge in [0.25, 0.3) is 0 Å². The Hall–Kier alpha value is -0.910. The van der Waals surface area contributed by atoms with E-state index >= 15 is 0 Å². The fourth-order valence-corrected chi connectivity index (χ4v) is 1.94. The highest BCUT2D eigenvalue weighted by Gasteiger charge is 2.29. The molecular formula is C12H20NO3S+. The molecule has 1 rings (SSSR count). The predicted octanol–water partition coefficient (Wildman–Crippen LogP) is 1.89. The molecule has 0 aliphatic carbocycles. The van der Waals surface area contributed by atoms with Crippen LogP contribution in [0.2, 0.25) is 0 Å². The lowest BCUT2D eigenvalue weighted by atomic mass is 10.1. The zero-order valence-electron chi connectivity index (χ0n) is 10.3. The summed E-state index contributed by atoms with van der Waals surface area (Å²) in [6, 6.07) is 10.1. The Kier molecular flexibility index (Phi) is 4.68. The number of hydrogen-bond donors (Lipinski definition) is 1. The minimum Gasteiger partial charge on any atom is -0.241 e. The van der Waals surface area contributed by atoms with Gasteiger partial charge in [-0.15, -0.1) is 8.42 Å². The van der Waals surface area contributed by atoms with Gasteiger partial charge in [0.1, 0.15) is 0 Å². The third-order valence-electron chi connectivity index (χ3n) is 2.88. The number of rotatable bonds is 6. The van der Waals surface area contributed by atoms with Gasteiger partial charge in [-0.1, -0.05) is 30.3 Å². The molecule has 0 bridgehead atoms. The van der Waals surface area contributed by atoms with E-state index in [1.54, 1.807) is 0 Å². The molecule has 0 atom stereocenters. The highest BCUT2D eigenvalue weighted by atomic mass is 32.2. The molecule has 0 aliphatic rings. The van der Waals surface area contributed by atoms with Gasteiger partial charge in [0, 0.05) is 0 Å². The molecule has 0 fully saturated rings. The van der Waals surface area contributed by atoms with Gasteiger partial charge < -0.3 is 0 Å². The van der Waals surface area contributed by atoms with Crippen LogP contribution in [-0.2, 0) is 16.7 Å². The van der Waals surface area contributed by atoms with Crippen molar-refractivity contribution < 1.29 is 16.9 Å². The maximum atomic E-state index is 11.0. The van der Waals surface area contributed by atoms with Gasteiger partial charge in [-0.25, -0.2) is 4.55 Å². The molecule has 0 amide bonds. The van der Waals surface area contributed by atoms with Crippen molar-refractivity contribution >= 4 is 10.3 Å². The van der Waals surface area contributed by atoms with Crippen LogP contribution in [0.3, 0.4) is 0 Å². The van der Waals surface area contributed by atoms with Crippen molar-refractivity contribution in [3.05, 3.63) is 35.9 Å². The highest BCUT2D eigenvalue weighted by Crippen LogP contribution is 2.10. The van der Waals surface area contributed by atoms with Gasteiger partial charge in [0.05, 0.1) is 20.6 Å². The first-order chi connectivity index (χ1) is 7.83. The van der Waals surface area contributed by atoms with Crippen LogP contribution in [0, 0.1) is 0 Å². The second kappa shape index (κ2) is 5.62. The van der Waals surface area contributed by atoms with E-state index in [0.29, 0.717) is 6.54 Å². The molecule has 0 radical (unpaired) electrons. The molecule has 96 valence electrons. The van der Waals surface area contributed by atoms with E-state index in [4.69, 9.17) is 4.55 Å². The van der Waals surface area contributed by atoms with Crippen molar-refractivity contribution in [1.29, 1.82) is 0 Å². The average Bonchev–Trinajstić information content (AvgIpc) is 2.24. The molecule has 0 unspecified atom stereocenters. The summed E-state index contributed by atoms with van der Waals surface area (Å²) in [6.07, 6.45) is 2.62. The van der Waals surface area contributed by atoms with E-state index in [9.17, 15) is 8.42 Å². The molecule has 0 aromatic heterocycles. The summed E-state index contributed by atoms with van der Waals surface area (Å²) in [6.45, 7) is 0.422. The number of hydrogen-bond acceptors (Lipinski definition) is 2. The van der Waals surface area contributed by atoms with Gasteiger partial charge in [0.15, 0.2) is 0 Å². The van der Waals surface area contributed by atoms with Crippen molar-refractivity contribution in [2.75, 3.05) is 20.6 Å². The number of quaternary nitrogens is 1. The van der Waals surface area contributed by atoms with Crippen molar-refractivity contribution in [3.8, 4) is 0 Å². The molecule has 0 saturated carbocycles. The van der Waals surface area contributed by atoms with Gasteiger partial charge in [-0.3, -0.25) is 0 Å². The Morgan fingerprint density at radius 2 is 1.71 bits per heavy atom. The van der Waals surface area contributed by atoms with Crippen LogP contribution in [0.1, 0.15) is 18.4 Å². The summed E-state index contributed by atoms with van der Waals surface area (Å²) < 4.78 is 30.7. The fraction of sp³-hybridized carbons (Fsp3) is 0.500. The van der Waals surface area contributed by atoms with E-state index in [0.717, 1.165) is 19.3 Å². The van der Waals surface area contributed by atoms with E-state index < -0.39 is 10.3 Å². The topological polar surface area (TPSA) is 54.4 Å². The summed E-state index contributed by atoms with van der Waals surface area (Å²) in [5.74, 6) is 0. The predicted molar refractivity (Wildman–Crippen MR) is 67.9 cm³/mol. The highest BCUT2D eigenvalue weighted by molar-refractivity contribution is 7.80. The SMILES string of the molecule is C[N+](C)(CCCCc1ccccc1)S(=O)(=O)O. The summed E-state index contributed by atoms with van der Waals surface area (Å²) >= 11 is 0. The second-order valence-corrected chi connectivity index (χ2v) is 6.57. The quantitative estimate of drug-likeness (QED) is 0.481. The minimum atomic E-state index is -4.01. The van der Waals surface area contributed by atoms with Crippen LogP contribution in [0.25, 0.3) is 0 Å². The van der Waals surface area contributed by atoms with Crippen molar-refractivity contribution in [2.45, 2.75) is 19.3 Å². The van der Waals surface area contributed by atoms with Crippen LogP contribution in [0.4, 0.5) is 0 Å². The molecule has 0 aliphatic heterocycles. The van der Waals surface area contributed by atoms with Gasteiger partial charge in [0.2, 0.25) is 0 Å². The Morgan fingerprint density at radius 3 is 2.24 bits per heavy atom. The Balaban J connectivity index is 2.35. The zero-order valence-corrected chi connectivity index (χ0v) is 11.2. The molecule has 1 aromatic carbocycles. The Bertz CT molecular complexity index is 440. The molecule has 0 spiro atoms. The molecule has 0 heterocycles. The molecule has 5 heteroatoms. The molecule has 17 heavy (non-hydrogen) atoms. The second-order valence-electron chi connectivity index (χ2n) is 4.69. The lowest BCUT2D eigenvalue weighted by Crippen LogP contribution is -2.45. The summed E-state index contributed by atoms with van der Waals surface area (Å²) in [5.41, 5.74) is 1.25. The van der Waals surface area contributed by atoms with Gasteiger partial charge in [-0.2, -0.15) is 3.89 Å². The van der Waals surface area contributed by atoms with Crippen molar-refractivity contribution in [2.24, 2.45) is 0 Å². The number of nitrogens with zero attached hydrogens (tertiary/aromatic N) is 1. The summed E-state index contributed by atoms with van der Waals surface area (Å²) in [5, 5.41) is 0. The third-order valence-corrected chi connectivity index (χ3v) is 4.31. The number of aryl methyl sites for hydroxylation is 1. The normalized spacial score (nSPS) is 12.6. The average molecular weight is 258 g/mol. The molecule has 1 aromatic rings. The standard InChI is InChI=1S/C12H19NO3S/c1-13(2,17(14,15)16)11-7-6-10-12-8-4-3-5-9-12/h3-5,8-9H,6-7,10-11H2,1-2H3/p+1. The van der Waals surface area contributed by atoms with Crippen LogP contribution >= 0.6 is 0 Å².